The normalized spacial score (nSPS) is 14.9. The minimum Gasteiger partial charge on any atom is -0.497 e. The maximum atomic E-state index is 14.1. The number of allylic oxidation sites excluding steroid dienone is 1. The Morgan fingerprint density at radius 3 is 2.57 bits per heavy atom. The van der Waals surface area contributed by atoms with Gasteiger partial charge in [-0.05, 0) is 61.9 Å². The van der Waals surface area contributed by atoms with Crippen molar-refractivity contribution in [3.63, 3.8) is 0 Å². The first-order chi connectivity index (χ1) is 20.3. The smallest absolute Gasteiger partial charge is 0.338 e. The molecule has 1 aliphatic heterocycles. The Kier molecular flexibility index (Phi) is 8.91. The molecule has 0 aliphatic carbocycles. The summed E-state index contributed by atoms with van der Waals surface area (Å²) in [4.78, 5) is 32.8. The number of halogens is 2. The van der Waals surface area contributed by atoms with Crippen molar-refractivity contribution in [1.29, 1.82) is 0 Å². The van der Waals surface area contributed by atoms with Gasteiger partial charge >= 0.3 is 5.97 Å². The van der Waals surface area contributed by atoms with E-state index in [0.717, 1.165) is 12.0 Å². The van der Waals surface area contributed by atoms with Gasteiger partial charge in [-0.25, -0.2) is 9.79 Å². The van der Waals surface area contributed by atoms with E-state index in [2.05, 4.69) is 0 Å². The molecular weight excluding hydrogens is 599 g/mol. The number of esters is 1. The lowest BCUT2D eigenvalue weighted by Gasteiger charge is -2.27. The molecule has 218 valence electrons. The van der Waals surface area contributed by atoms with Crippen molar-refractivity contribution in [1.82, 2.24) is 4.57 Å². The molecule has 1 aliphatic rings. The number of carbonyl (C=O) groups excluding carboxylic acids is 1. The summed E-state index contributed by atoms with van der Waals surface area (Å²) in [7, 11) is 3.09. The van der Waals surface area contributed by atoms with Gasteiger partial charge in [0.2, 0.25) is 0 Å². The van der Waals surface area contributed by atoms with Crippen LogP contribution in [0.1, 0.15) is 44.1 Å². The molecule has 0 amide bonds. The third kappa shape index (κ3) is 5.64. The van der Waals surface area contributed by atoms with Gasteiger partial charge < -0.3 is 18.6 Å². The van der Waals surface area contributed by atoms with Crippen LogP contribution in [0.25, 0.3) is 17.4 Å². The van der Waals surface area contributed by atoms with E-state index >= 15 is 0 Å². The molecule has 5 rings (SSSR count). The average molecular weight is 628 g/mol. The van der Waals surface area contributed by atoms with Crippen LogP contribution in [0.5, 0.6) is 11.5 Å². The van der Waals surface area contributed by atoms with Crippen molar-refractivity contribution in [2.45, 2.75) is 32.7 Å². The molecule has 0 spiro atoms. The van der Waals surface area contributed by atoms with Gasteiger partial charge in [0.1, 0.15) is 29.1 Å². The van der Waals surface area contributed by atoms with Crippen molar-refractivity contribution in [3.8, 4) is 22.8 Å². The number of furan rings is 1. The van der Waals surface area contributed by atoms with Crippen LogP contribution in [0.3, 0.4) is 0 Å². The lowest BCUT2D eigenvalue weighted by molar-refractivity contribution is -0.139. The third-order valence-corrected chi connectivity index (χ3v) is 8.45. The van der Waals surface area contributed by atoms with Crippen molar-refractivity contribution in [2.24, 2.45) is 4.99 Å². The van der Waals surface area contributed by atoms with E-state index in [1.165, 1.54) is 23.0 Å². The zero-order chi connectivity index (χ0) is 30.0. The summed E-state index contributed by atoms with van der Waals surface area (Å²) in [6.07, 6.45) is 2.92. The maximum absolute atomic E-state index is 14.1. The predicted octanol–water partition coefficient (Wildman–Crippen LogP) is 6.16. The highest BCUT2D eigenvalue weighted by Crippen LogP contribution is 2.39. The van der Waals surface area contributed by atoms with E-state index in [9.17, 15) is 9.59 Å². The van der Waals surface area contributed by atoms with Crippen molar-refractivity contribution >= 4 is 46.6 Å². The van der Waals surface area contributed by atoms with Crippen molar-refractivity contribution < 1.29 is 23.4 Å². The number of carbonyl (C=O) groups is 1. The molecule has 2 aromatic heterocycles. The quantitative estimate of drug-likeness (QED) is 0.207. The fraction of sp³-hybridized carbons (Fsp3) is 0.258. The number of thiazole rings is 1. The van der Waals surface area contributed by atoms with Gasteiger partial charge in [-0.2, -0.15) is 0 Å². The van der Waals surface area contributed by atoms with Crippen LogP contribution in [0.4, 0.5) is 0 Å². The summed E-state index contributed by atoms with van der Waals surface area (Å²) in [6.45, 7) is 3.92. The fourth-order valence-electron chi connectivity index (χ4n) is 4.83. The number of aromatic nitrogens is 1. The molecule has 0 radical (unpaired) electrons. The molecule has 4 aromatic rings. The largest absolute Gasteiger partial charge is 0.497 e. The third-order valence-electron chi connectivity index (χ3n) is 6.73. The molecule has 8 nitrogen and oxygen atoms in total. The number of ether oxygens (including phenoxy) is 3. The minimum absolute atomic E-state index is 0.174. The van der Waals surface area contributed by atoms with Crippen LogP contribution >= 0.6 is 34.5 Å². The maximum Gasteiger partial charge on any atom is 0.338 e. The average Bonchev–Trinajstić information content (AvgIpc) is 3.58. The Balaban J connectivity index is 1.71. The topological polar surface area (TPSA) is 92.3 Å². The van der Waals surface area contributed by atoms with E-state index in [1.807, 2.05) is 6.92 Å². The second-order valence-electron chi connectivity index (χ2n) is 9.35. The number of nitrogens with zero attached hydrogens (tertiary/aromatic N) is 2. The SMILES string of the molecule is CCCC1=C(C(=O)OCC)[C@H](c2cc(OC)ccc2OC)n2c(s/c(=C\c3ccc(-c4ccc(Cl)c(Cl)c4)o3)c2=O)=N1. The minimum atomic E-state index is -0.850. The molecule has 0 bridgehead atoms. The summed E-state index contributed by atoms with van der Waals surface area (Å²) in [6, 6.07) is 13.2. The van der Waals surface area contributed by atoms with Gasteiger partial charge in [0.15, 0.2) is 4.80 Å². The Labute approximate surface area is 256 Å². The van der Waals surface area contributed by atoms with Crippen molar-refractivity contribution in [2.75, 3.05) is 20.8 Å². The second kappa shape index (κ2) is 12.6. The summed E-state index contributed by atoms with van der Waals surface area (Å²) in [5.41, 5.74) is 1.86. The van der Waals surface area contributed by atoms with Crippen LogP contribution in [0.2, 0.25) is 10.0 Å². The van der Waals surface area contributed by atoms with Crippen LogP contribution in [0, 0.1) is 0 Å². The number of rotatable bonds is 9. The van der Waals surface area contributed by atoms with Crippen LogP contribution in [-0.4, -0.2) is 31.4 Å². The molecular formula is C31H28Cl2N2O6S. The second-order valence-corrected chi connectivity index (χ2v) is 11.2. The van der Waals surface area contributed by atoms with Gasteiger partial charge in [0.25, 0.3) is 5.56 Å². The standard InChI is InChI=1S/C31H28Cl2N2O6S/c1-5-7-23-27(30(37)40-6-2)28(20-15-18(38-3)9-13-25(20)39-4)35-29(36)26(42-31(35)34-23)16-19-10-12-24(41-19)17-8-11-21(32)22(33)14-17/h8-16,28H,5-7H2,1-4H3/b26-16-/t28-/m0/s1. The van der Waals surface area contributed by atoms with Crippen LogP contribution in [0.15, 0.2) is 74.0 Å². The van der Waals surface area contributed by atoms with Gasteiger partial charge in [-0.3, -0.25) is 9.36 Å². The van der Waals surface area contributed by atoms with Crippen molar-refractivity contribution in [3.05, 3.63) is 101 Å². The van der Waals surface area contributed by atoms with E-state index in [4.69, 9.17) is 46.8 Å². The van der Waals surface area contributed by atoms with Gasteiger partial charge in [0, 0.05) is 17.2 Å². The molecule has 1 atom stereocenters. The summed E-state index contributed by atoms with van der Waals surface area (Å²) in [5, 5.41) is 0.855. The van der Waals surface area contributed by atoms with Crippen LogP contribution in [-0.2, 0) is 9.53 Å². The molecule has 0 fully saturated rings. The molecule has 0 saturated heterocycles. The molecule has 3 heterocycles. The first kappa shape index (κ1) is 29.7. The summed E-state index contributed by atoms with van der Waals surface area (Å²) < 4.78 is 24.6. The van der Waals surface area contributed by atoms with E-state index in [1.54, 1.807) is 68.6 Å². The number of fused-ring (bicyclic) bond motifs is 1. The van der Waals surface area contributed by atoms with Crippen LogP contribution < -0.4 is 24.4 Å². The zero-order valence-corrected chi connectivity index (χ0v) is 25.7. The molecule has 0 unspecified atom stereocenters. The monoisotopic (exact) mass is 626 g/mol. The highest BCUT2D eigenvalue weighted by atomic mass is 35.5. The molecule has 0 saturated carbocycles. The Morgan fingerprint density at radius 2 is 1.88 bits per heavy atom. The Bertz CT molecular complexity index is 1870. The number of methoxy groups -OCH3 is 2. The van der Waals surface area contributed by atoms with Gasteiger partial charge in [-0.15, -0.1) is 0 Å². The molecule has 0 N–H and O–H groups in total. The van der Waals surface area contributed by atoms with E-state index in [-0.39, 0.29) is 12.2 Å². The molecule has 42 heavy (non-hydrogen) atoms. The molecule has 11 heteroatoms. The summed E-state index contributed by atoms with van der Waals surface area (Å²) >= 11 is 13.5. The Hall–Kier alpha value is -3.79. The highest BCUT2D eigenvalue weighted by Gasteiger charge is 2.36. The number of hydrogen-bond acceptors (Lipinski definition) is 8. The van der Waals surface area contributed by atoms with E-state index in [0.29, 0.717) is 65.7 Å². The summed E-state index contributed by atoms with van der Waals surface area (Å²) in [5.74, 6) is 1.55. The first-order valence-electron chi connectivity index (χ1n) is 13.3. The van der Waals surface area contributed by atoms with E-state index < -0.39 is 12.0 Å². The lowest BCUT2D eigenvalue weighted by Crippen LogP contribution is -2.40. The number of benzene rings is 2. The molecule has 2 aromatic carbocycles. The van der Waals surface area contributed by atoms with Gasteiger partial charge in [0.05, 0.1) is 46.7 Å². The zero-order valence-electron chi connectivity index (χ0n) is 23.4. The lowest BCUT2D eigenvalue weighted by atomic mass is 9.93. The highest BCUT2D eigenvalue weighted by molar-refractivity contribution is 7.07. The number of hydrogen-bond donors (Lipinski definition) is 0. The fourth-order valence-corrected chi connectivity index (χ4v) is 6.13. The van der Waals surface area contributed by atoms with Gasteiger partial charge in [-0.1, -0.05) is 47.9 Å². The predicted molar refractivity (Wildman–Crippen MR) is 163 cm³/mol. The Morgan fingerprint density at radius 1 is 1.07 bits per heavy atom. The first-order valence-corrected chi connectivity index (χ1v) is 14.9.